The van der Waals surface area contributed by atoms with Gasteiger partial charge in [-0.25, -0.2) is 9.37 Å². The first-order chi connectivity index (χ1) is 48.8. The number of carbonyl (C=O) groups excluding carboxylic acids is 2. The van der Waals surface area contributed by atoms with Gasteiger partial charge in [0.2, 0.25) is 0 Å². The van der Waals surface area contributed by atoms with Crippen molar-refractivity contribution in [3.8, 4) is 5.69 Å². The van der Waals surface area contributed by atoms with Crippen molar-refractivity contribution >= 4 is 40.7 Å². The van der Waals surface area contributed by atoms with Crippen LogP contribution in [0, 0.1) is 48.2 Å². The number of nitrogens with zero attached hydrogens (tertiary/aromatic N) is 5. The average Bonchev–Trinajstić information content (AvgIpc) is 1.50. The van der Waals surface area contributed by atoms with Gasteiger partial charge in [-0.05, 0) is 163 Å². The van der Waals surface area contributed by atoms with Crippen molar-refractivity contribution in [2.24, 2.45) is 50.8 Å². The van der Waals surface area contributed by atoms with Crippen LogP contribution in [0.15, 0.2) is 158 Å². The number of hydrogen-bond acceptors (Lipinski definition) is 18. The molecule has 0 radical (unpaired) electrons. The molecule has 11 aliphatic rings. The topological polar surface area (TPSA) is 244 Å². The number of halogens is 2. The molecule has 21 heteroatoms. The second kappa shape index (κ2) is 31.0. The predicted molar refractivity (Wildman–Crippen MR) is 386 cm³/mol. The highest BCUT2D eigenvalue weighted by atomic mass is 35.5. The van der Waals surface area contributed by atoms with Crippen LogP contribution in [-0.2, 0) is 54.0 Å². The van der Waals surface area contributed by atoms with E-state index in [4.69, 9.17) is 49.5 Å². The number of carbonyl (C=O) groups is 2. The van der Waals surface area contributed by atoms with Crippen LogP contribution in [0.25, 0.3) is 5.69 Å². The summed E-state index contributed by atoms with van der Waals surface area (Å²) in [6.07, 6.45) is 27.9. The summed E-state index contributed by atoms with van der Waals surface area (Å²) in [5, 5.41) is 51.1. The standard InChI is InChI=1S/C32H45NO7.C31H43NO7.C18H13ClFN3/c1-6-27-21(4)12-13-31(40-27)17-25-16-24(39-31)11-10-20(3)14-19(2)8-7-9-23-18-37-29-28(33-36)22(5)15-26(30(34)38-25)32(23,29)35;1-18-7-6-8-23-17-36-28-27(32-35)21(4)14-26(31(23,28)34)29(33)37-25-15-24(10-9-19(2)13-18)39-30(16-25)12-11-20(3)22(5)38-30;1-11-21-9-13-10-22-18(14-4-2-3-5-16(14)20)15-8-12(19)6-7-17(15)23(11)13/h7-10,15,19,21,24-27,29,35-36H,6,11-14,16-18H2,1-5H3;6-9,14,18,20,22,24-26,28,34-35H,10-13,15-17H2,1-5H3;2-9H,10H2,1H3/b8-7+,20-10+,23-9+,33-28-;7-6+,19-9+,23-8+,32-27-;/t19-,21-,24+,25-,26-,27+,29+,31+,32+;18-,20-,22+,24+,25-,26-,28+,30-,31+;/m00./s1. The minimum atomic E-state index is -1.72. The minimum absolute atomic E-state index is 0.0431. The second-order valence-electron chi connectivity index (χ2n) is 30.4. The third-order valence-electron chi connectivity index (χ3n) is 22.7. The Hall–Kier alpha value is -6.98. The number of benzene rings is 2. The summed E-state index contributed by atoms with van der Waals surface area (Å²) in [5.41, 5.74) is 5.63. The molecule has 4 N–H and O–H groups in total. The Morgan fingerprint density at radius 1 is 0.676 bits per heavy atom. The zero-order valence-electron chi connectivity index (χ0n) is 60.7. The largest absolute Gasteiger partial charge is 0.462 e. The lowest BCUT2D eigenvalue weighted by Crippen LogP contribution is -2.57. The van der Waals surface area contributed by atoms with Crippen molar-refractivity contribution in [2.75, 3.05) is 13.2 Å². The first-order valence-electron chi connectivity index (χ1n) is 36.6. The third kappa shape index (κ3) is 15.3. The molecule has 102 heavy (non-hydrogen) atoms. The Morgan fingerprint density at radius 3 is 1.73 bits per heavy atom. The van der Waals surface area contributed by atoms with Gasteiger partial charge in [-0.15, -0.1) is 0 Å². The van der Waals surface area contributed by atoms with E-state index in [1.54, 1.807) is 38.1 Å². The molecule has 10 heterocycles. The lowest BCUT2D eigenvalue weighted by atomic mass is 9.71. The van der Waals surface area contributed by atoms with E-state index in [1.807, 2.05) is 66.3 Å². The third-order valence-corrected chi connectivity index (χ3v) is 22.9. The van der Waals surface area contributed by atoms with E-state index in [0.29, 0.717) is 89.1 Å². The van der Waals surface area contributed by atoms with Crippen molar-refractivity contribution in [1.29, 1.82) is 0 Å². The highest BCUT2D eigenvalue weighted by Gasteiger charge is 2.62. The first kappa shape index (κ1) is 74.7. The summed E-state index contributed by atoms with van der Waals surface area (Å²) in [6.45, 7) is 23.3. The summed E-state index contributed by atoms with van der Waals surface area (Å²) < 4.78 is 67.1. The smallest absolute Gasteiger partial charge is 0.316 e. The molecule has 18 atom stereocenters. The predicted octanol–water partition coefficient (Wildman–Crippen LogP) is 14.7. The minimum Gasteiger partial charge on any atom is -0.462 e. The normalized spacial score (nSPS) is 39.7. The van der Waals surface area contributed by atoms with E-state index in [2.05, 4.69) is 100.0 Å². The second-order valence-corrected chi connectivity index (χ2v) is 30.8. The molecule has 1 aromatic heterocycles. The summed E-state index contributed by atoms with van der Waals surface area (Å²) in [4.78, 5) is 36.8. The summed E-state index contributed by atoms with van der Waals surface area (Å²) >= 11 is 6.19. The number of imidazole rings is 1. The van der Waals surface area contributed by atoms with Crippen LogP contribution < -0.4 is 0 Å². The molecule has 14 rings (SSSR count). The van der Waals surface area contributed by atoms with Crippen molar-refractivity contribution in [2.45, 2.75) is 238 Å². The van der Waals surface area contributed by atoms with Gasteiger partial charge in [0.15, 0.2) is 11.6 Å². The molecule has 6 fully saturated rings. The Labute approximate surface area is 603 Å². The Kier molecular flexibility index (Phi) is 22.7. The van der Waals surface area contributed by atoms with Crippen LogP contribution in [0.5, 0.6) is 0 Å². The van der Waals surface area contributed by atoms with Crippen molar-refractivity contribution in [3.05, 3.63) is 176 Å². The van der Waals surface area contributed by atoms with E-state index in [0.717, 1.165) is 74.1 Å². The van der Waals surface area contributed by atoms with Gasteiger partial charge < -0.3 is 58.5 Å². The van der Waals surface area contributed by atoms with Gasteiger partial charge >= 0.3 is 11.9 Å². The van der Waals surface area contributed by atoms with Crippen LogP contribution in [0.4, 0.5) is 4.39 Å². The fourth-order valence-electron chi connectivity index (χ4n) is 17.0. The molecule has 0 unspecified atom stereocenters. The lowest BCUT2D eigenvalue weighted by molar-refractivity contribution is -0.335. The van der Waals surface area contributed by atoms with Crippen LogP contribution in [0.2, 0.25) is 5.02 Å². The highest BCUT2D eigenvalue weighted by Crippen LogP contribution is 2.50. The number of rotatable bonds is 2. The van der Waals surface area contributed by atoms with Crippen LogP contribution in [0.1, 0.15) is 175 Å². The molecule has 2 spiro atoms. The quantitative estimate of drug-likeness (QED) is 0.0807. The molecule has 2 aliphatic carbocycles. The van der Waals surface area contributed by atoms with Gasteiger partial charge in [0, 0.05) is 54.7 Å². The monoisotopic (exact) mass is 1420 g/mol. The van der Waals surface area contributed by atoms with E-state index < -0.39 is 71.0 Å². The Balaban J connectivity index is 0.000000150. The number of oxime groups is 2. The molecule has 6 saturated heterocycles. The molecule has 4 bridgehead atoms. The van der Waals surface area contributed by atoms with Gasteiger partial charge in [-0.1, -0.05) is 141 Å². The van der Waals surface area contributed by atoms with Crippen LogP contribution >= 0.6 is 11.6 Å². The molecule has 0 amide bonds. The first-order valence-corrected chi connectivity index (χ1v) is 37.0. The Morgan fingerprint density at radius 2 is 1.21 bits per heavy atom. The van der Waals surface area contributed by atoms with Gasteiger partial charge in [0.1, 0.15) is 70.5 Å². The fraction of sp³-hybridized carbons (Fsp3) is 0.556. The van der Waals surface area contributed by atoms with Crippen molar-refractivity contribution < 1.29 is 72.5 Å². The van der Waals surface area contributed by atoms with E-state index >= 15 is 0 Å². The molecule has 19 nitrogen and oxygen atoms in total. The molecular weight excluding hydrogens is 1320 g/mol. The van der Waals surface area contributed by atoms with E-state index in [1.165, 1.54) is 17.2 Å². The number of aryl methyl sites for hydroxylation is 1. The zero-order chi connectivity index (χ0) is 72.6. The average molecular weight is 1420 g/mol. The van der Waals surface area contributed by atoms with Gasteiger partial charge in [-0.2, -0.15) is 0 Å². The fourth-order valence-corrected chi connectivity index (χ4v) is 17.2. The molecule has 2 aromatic carbocycles. The number of allylic oxidation sites excluding steroid dienone is 8. The SMILES string of the molecule is CC1=C[C@H]2C(=O)O[C@H]3C[C@@H](C/C=C(\C)C[C@@H](C)/C=C/C=C4\CO[C@H](/C1=N\O)[C@@]42O)O[C@@]1(CC[C@H](C)[C@@H](C)O1)C3.CC[C@H]1O[C@]2(CC[C@@H]1C)C[C@@H]1C[C@@H](C/C=C(\C)C[C@@H](C)/C=C/C=C3\CO[C@@H]4/C(=N\O)C(C)=C[C@@H](C(=O)O1)[C@]34O)O2.Cc1ncc2n1-c1ccc(Cl)cc1C(c1ccccc1F)=NC2. The maximum Gasteiger partial charge on any atom is 0.316 e. The number of hydrogen-bond donors (Lipinski definition) is 4. The van der Waals surface area contributed by atoms with Gasteiger partial charge in [0.05, 0.1) is 67.5 Å². The van der Waals surface area contributed by atoms with Crippen LogP contribution in [-0.4, -0.2) is 144 Å². The molecule has 9 aliphatic heterocycles. The summed E-state index contributed by atoms with van der Waals surface area (Å²) in [6, 6.07) is 12.3. The molecule has 0 saturated carbocycles. The number of ether oxygens (including phenoxy) is 8. The van der Waals surface area contributed by atoms with Crippen molar-refractivity contribution in [1.82, 2.24) is 9.55 Å². The number of aliphatic imine (C=N–C) groups is 1. The Bertz CT molecular complexity index is 4010. The number of aliphatic hydroxyl groups is 2. The summed E-state index contributed by atoms with van der Waals surface area (Å²) in [7, 11) is 0. The number of aromatic nitrogens is 2. The van der Waals surface area contributed by atoms with Crippen molar-refractivity contribution in [3.63, 3.8) is 0 Å². The molecular formula is C81H101ClFN5O14. The maximum atomic E-state index is 14.3. The lowest BCUT2D eigenvalue weighted by Gasteiger charge is -2.49. The number of fused-ring (bicyclic) bond motifs is 7. The van der Waals surface area contributed by atoms with Gasteiger partial charge in [-0.3, -0.25) is 19.1 Å². The summed E-state index contributed by atoms with van der Waals surface area (Å²) in [5.74, 6) is -2.64. The van der Waals surface area contributed by atoms with Crippen LogP contribution in [0.3, 0.4) is 0 Å². The van der Waals surface area contributed by atoms with E-state index in [9.17, 15) is 34.6 Å². The van der Waals surface area contributed by atoms with E-state index in [-0.39, 0.29) is 66.7 Å². The molecule has 548 valence electrons. The number of esters is 2. The van der Waals surface area contributed by atoms with Gasteiger partial charge in [0.25, 0.3) is 0 Å². The zero-order valence-corrected chi connectivity index (χ0v) is 61.4. The maximum absolute atomic E-state index is 14.3. The molecule has 3 aromatic rings. The highest BCUT2D eigenvalue weighted by molar-refractivity contribution is 6.31.